The van der Waals surface area contributed by atoms with E-state index in [0.29, 0.717) is 30.2 Å². The van der Waals surface area contributed by atoms with E-state index in [1.165, 1.54) is 5.56 Å². The molecule has 0 aliphatic heterocycles. The standard InChI is InChI=1S/C29H30N2O3/c1-21-7-5-9-25(17-21)31-28(32)23(20-30)18-22-8-6-10-27(19-22)34-16-15-33-26-13-11-24(12-14-26)29(2,3)4/h5-14,17-19H,15-16H2,1-4H3,(H,31,32)/b23-18+. The number of hydrogen-bond donors (Lipinski definition) is 1. The fraction of sp³-hybridized carbons (Fsp3) is 0.241. The van der Waals surface area contributed by atoms with Crippen LogP contribution in [0.5, 0.6) is 11.5 Å². The summed E-state index contributed by atoms with van der Waals surface area (Å²) in [4.78, 5) is 12.5. The monoisotopic (exact) mass is 454 g/mol. The van der Waals surface area contributed by atoms with Crippen molar-refractivity contribution in [3.8, 4) is 17.6 Å². The maximum atomic E-state index is 12.5. The molecule has 0 saturated carbocycles. The van der Waals surface area contributed by atoms with Crippen LogP contribution in [0, 0.1) is 18.3 Å². The zero-order chi connectivity index (χ0) is 24.6. The minimum atomic E-state index is -0.453. The summed E-state index contributed by atoms with van der Waals surface area (Å²) in [5.74, 6) is 0.980. The minimum Gasteiger partial charge on any atom is -0.490 e. The van der Waals surface area contributed by atoms with Gasteiger partial charge >= 0.3 is 0 Å². The second kappa shape index (κ2) is 11.2. The lowest BCUT2D eigenvalue weighted by molar-refractivity contribution is -0.112. The number of benzene rings is 3. The number of anilines is 1. The molecule has 0 bridgehead atoms. The van der Waals surface area contributed by atoms with Crippen molar-refractivity contribution in [2.75, 3.05) is 18.5 Å². The Kier molecular flexibility index (Phi) is 8.10. The zero-order valence-electron chi connectivity index (χ0n) is 20.1. The quantitative estimate of drug-likeness (QED) is 0.246. The Hall–Kier alpha value is -4.04. The van der Waals surface area contributed by atoms with Crippen molar-refractivity contribution in [2.45, 2.75) is 33.1 Å². The molecule has 1 amide bonds. The molecule has 5 nitrogen and oxygen atoms in total. The van der Waals surface area contributed by atoms with Gasteiger partial charge in [-0.2, -0.15) is 5.26 Å². The van der Waals surface area contributed by atoms with E-state index in [-0.39, 0.29) is 11.0 Å². The lowest BCUT2D eigenvalue weighted by Crippen LogP contribution is -2.13. The number of carbonyl (C=O) groups is 1. The first-order valence-electron chi connectivity index (χ1n) is 11.2. The number of nitriles is 1. The van der Waals surface area contributed by atoms with E-state index in [1.807, 2.05) is 61.5 Å². The summed E-state index contributed by atoms with van der Waals surface area (Å²) in [5, 5.41) is 12.2. The molecule has 0 radical (unpaired) electrons. The number of amides is 1. The Balaban J connectivity index is 1.55. The fourth-order valence-corrected chi connectivity index (χ4v) is 3.30. The zero-order valence-corrected chi connectivity index (χ0v) is 20.1. The predicted octanol–water partition coefficient (Wildman–Crippen LogP) is 6.30. The molecule has 0 fully saturated rings. The number of hydrogen-bond acceptors (Lipinski definition) is 4. The molecule has 34 heavy (non-hydrogen) atoms. The van der Waals surface area contributed by atoms with Crippen molar-refractivity contribution in [3.63, 3.8) is 0 Å². The third-order valence-electron chi connectivity index (χ3n) is 5.15. The van der Waals surface area contributed by atoms with Gasteiger partial charge in [0.05, 0.1) is 0 Å². The average Bonchev–Trinajstić information content (AvgIpc) is 2.80. The molecular weight excluding hydrogens is 424 g/mol. The van der Waals surface area contributed by atoms with Crippen molar-refractivity contribution in [2.24, 2.45) is 0 Å². The Bertz CT molecular complexity index is 1200. The fourth-order valence-electron chi connectivity index (χ4n) is 3.30. The van der Waals surface area contributed by atoms with Crippen LogP contribution in [0.1, 0.15) is 37.5 Å². The van der Waals surface area contributed by atoms with Crippen LogP contribution in [-0.4, -0.2) is 19.1 Å². The van der Waals surface area contributed by atoms with E-state index in [1.54, 1.807) is 18.2 Å². The van der Waals surface area contributed by atoms with Gasteiger partial charge in [0, 0.05) is 5.69 Å². The number of ether oxygens (including phenoxy) is 2. The van der Waals surface area contributed by atoms with Gasteiger partial charge in [-0.05, 0) is 71.5 Å². The summed E-state index contributed by atoms with van der Waals surface area (Å²) in [5.41, 5.74) is 3.75. The van der Waals surface area contributed by atoms with Crippen molar-refractivity contribution < 1.29 is 14.3 Å². The Labute approximate surface area is 201 Å². The molecule has 0 atom stereocenters. The highest BCUT2D eigenvalue weighted by Gasteiger charge is 2.13. The van der Waals surface area contributed by atoms with Crippen LogP contribution in [0.15, 0.2) is 78.4 Å². The number of rotatable bonds is 8. The first-order chi connectivity index (χ1) is 16.2. The molecule has 0 saturated heterocycles. The molecule has 3 aromatic carbocycles. The van der Waals surface area contributed by atoms with Gasteiger partial charge in [-0.1, -0.05) is 57.2 Å². The SMILES string of the molecule is Cc1cccc(NC(=O)/C(C#N)=C/c2cccc(OCCOc3ccc(C(C)(C)C)cc3)c2)c1. The smallest absolute Gasteiger partial charge is 0.266 e. The molecule has 3 rings (SSSR count). The molecule has 0 aromatic heterocycles. The van der Waals surface area contributed by atoms with Crippen molar-refractivity contribution in [3.05, 3.63) is 95.1 Å². The predicted molar refractivity (Wildman–Crippen MR) is 136 cm³/mol. The summed E-state index contributed by atoms with van der Waals surface area (Å²) >= 11 is 0. The van der Waals surface area contributed by atoms with Crippen LogP contribution in [0.4, 0.5) is 5.69 Å². The van der Waals surface area contributed by atoms with E-state index in [2.05, 4.69) is 38.2 Å². The molecule has 5 heteroatoms. The number of carbonyl (C=O) groups excluding carboxylic acids is 1. The molecule has 0 heterocycles. The Morgan fingerprint density at radius 3 is 2.26 bits per heavy atom. The Morgan fingerprint density at radius 2 is 1.62 bits per heavy atom. The first kappa shape index (κ1) is 24.6. The molecule has 174 valence electrons. The van der Waals surface area contributed by atoms with Gasteiger partial charge in [-0.15, -0.1) is 0 Å². The molecule has 1 N–H and O–H groups in total. The second-order valence-electron chi connectivity index (χ2n) is 9.04. The molecule has 3 aromatic rings. The number of aryl methyl sites for hydroxylation is 1. The van der Waals surface area contributed by atoms with E-state index in [9.17, 15) is 10.1 Å². The Morgan fingerprint density at radius 1 is 0.941 bits per heavy atom. The van der Waals surface area contributed by atoms with E-state index in [4.69, 9.17) is 9.47 Å². The van der Waals surface area contributed by atoms with Gasteiger partial charge in [0.25, 0.3) is 5.91 Å². The normalized spacial score (nSPS) is 11.4. The average molecular weight is 455 g/mol. The van der Waals surface area contributed by atoms with Crippen molar-refractivity contribution >= 4 is 17.7 Å². The molecule has 0 aliphatic rings. The lowest BCUT2D eigenvalue weighted by Gasteiger charge is -2.19. The van der Waals surface area contributed by atoms with Crippen molar-refractivity contribution in [1.82, 2.24) is 0 Å². The third-order valence-corrected chi connectivity index (χ3v) is 5.15. The van der Waals surface area contributed by atoms with Gasteiger partial charge < -0.3 is 14.8 Å². The van der Waals surface area contributed by atoms with Crippen LogP contribution in [0.3, 0.4) is 0 Å². The minimum absolute atomic E-state index is 0.0145. The summed E-state index contributed by atoms with van der Waals surface area (Å²) < 4.78 is 11.6. The third kappa shape index (κ3) is 7.25. The number of nitrogens with one attached hydrogen (secondary N) is 1. The van der Waals surface area contributed by atoms with E-state index in [0.717, 1.165) is 11.3 Å². The maximum absolute atomic E-state index is 12.5. The van der Waals surface area contributed by atoms with Crippen LogP contribution in [0.25, 0.3) is 6.08 Å². The van der Waals surface area contributed by atoms with Crippen LogP contribution < -0.4 is 14.8 Å². The van der Waals surface area contributed by atoms with Crippen LogP contribution in [0.2, 0.25) is 0 Å². The topological polar surface area (TPSA) is 71.4 Å². The van der Waals surface area contributed by atoms with E-state index >= 15 is 0 Å². The van der Waals surface area contributed by atoms with Gasteiger partial charge in [-0.3, -0.25) is 4.79 Å². The highest BCUT2D eigenvalue weighted by Crippen LogP contribution is 2.24. The summed E-state index contributed by atoms with van der Waals surface area (Å²) in [7, 11) is 0. The van der Waals surface area contributed by atoms with Gasteiger partial charge in [0.15, 0.2) is 0 Å². The van der Waals surface area contributed by atoms with Crippen molar-refractivity contribution in [1.29, 1.82) is 5.26 Å². The molecule has 0 unspecified atom stereocenters. The van der Waals surface area contributed by atoms with Crippen LogP contribution >= 0.6 is 0 Å². The lowest BCUT2D eigenvalue weighted by atomic mass is 9.87. The van der Waals surface area contributed by atoms with Crippen LogP contribution in [-0.2, 0) is 10.2 Å². The summed E-state index contributed by atoms with van der Waals surface area (Å²) in [6, 6.07) is 24.8. The van der Waals surface area contributed by atoms with Gasteiger partial charge in [0.1, 0.15) is 36.4 Å². The molecule has 0 spiro atoms. The summed E-state index contributed by atoms with van der Waals surface area (Å²) in [6.07, 6.45) is 1.55. The molecule has 0 aliphatic carbocycles. The summed E-state index contributed by atoms with van der Waals surface area (Å²) in [6.45, 7) is 9.24. The highest BCUT2D eigenvalue weighted by molar-refractivity contribution is 6.09. The van der Waals surface area contributed by atoms with Gasteiger partial charge in [0.2, 0.25) is 0 Å². The first-order valence-corrected chi connectivity index (χ1v) is 11.2. The van der Waals surface area contributed by atoms with E-state index < -0.39 is 5.91 Å². The maximum Gasteiger partial charge on any atom is 0.266 e. The second-order valence-corrected chi connectivity index (χ2v) is 9.04. The largest absolute Gasteiger partial charge is 0.490 e. The number of nitrogens with zero attached hydrogens (tertiary/aromatic N) is 1. The van der Waals surface area contributed by atoms with Gasteiger partial charge in [-0.25, -0.2) is 0 Å². The molecular formula is C29H30N2O3. The highest BCUT2D eigenvalue weighted by atomic mass is 16.5.